The molecule has 1 amide bonds. The van der Waals surface area contributed by atoms with Crippen molar-refractivity contribution in [3.05, 3.63) is 34.6 Å². The largest absolute Gasteiger partial charge is 0.393 e. The molecule has 0 aromatic heterocycles. The van der Waals surface area contributed by atoms with Crippen LogP contribution in [-0.4, -0.2) is 17.4 Å². The molecule has 1 rings (SSSR count). The van der Waals surface area contributed by atoms with Gasteiger partial charge < -0.3 is 11.1 Å². The van der Waals surface area contributed by atoms with Crippen molar-refractivity contribution in [2.45, 2.75) is 12.8 Å². The second kappa shape index (κ2) is 6.51. The third kappa shape index (κ3) is 4.66. The van der Waals surface area contributed by atoms with Gasteiger partial charge in [0, 0.05) is 12.1 Å². The summed E-state index contributed by atoms with van der Waals surface area (Å²) in [5, 5.41) is 2.60. The monoisotopic (exact) mass is 274 g/mol. The van der Waals surface area contributed by atoms with Gasteiger partial charge in [-0.05, 0) is 31.0 Å². The lowest BCUT2D eigenvalue weighted by Gasteiger charge is -2.05. The van der Waals surface area contributed by atoms with E-state index in [-0.39, 0.29) is 10.9 Å². The summed E-state index contributed by atoms with van der Waals surface area (Å²) in [4.78, 5) is 12.0. The van der Waals surface area contributed by atoms with Crippen LogP contribution in [0.4, 0.5) is 4.39 Å². The van der Waals surface area contributed by atoms with Crippen LogP contribution in [0.3, 0.4) is 0 Å². The summed E-state index contributed by atoms with van der Waals surface area (Å²) >= 11 is 10.3. The van der Waals surface area contributed by atoms with Crippen LogP contribution in [-0.2, 0) is 0 Å². The average Bonchev–Trinajstić information content (AvgIpc) is 2.27. The number of carbonyl (C=O) groups excluding carboxylic acids is 1. The zero-order valence-corrected chi connectivity index (χ0v) is 10.6. The summed E-state index contributed by atoms with van der Waals surface area (Å²) in [6.45, 7) is 0.463. The molecular formula is C11H12ClFN2OS. The smallest absolute Gasteiger partial charge is 0.251 e. The molecule has 17 heavy (non-hydrogen) atoms. The Morgan fingerprint density at radius 3 is 2.82 bits per heavy atom. The zero-order valence-electron chi connectivity index (χ0n) is 9.00. The molecule has 0 unspecified atom stereocenters. The van der Waals surface area contributed by atoms with Crippen LogP contribution >= 0.6 is 23.8 Å². The Labute approximate surface area is 109 Å². The molecule has 0 atom stereocenters. The number of amides is 1. The summed E-state index contributed by atoms with van der Waals surface area (Å²) in [5.74, 6) is -0.841. The van der Waals surface area contributed by atoms with E-state index in [4.69, 9.17) is 29.6 Å². The lowest BCUT2D eigenvalue weighted by atomic mass is 10.2. The second-order valence-corrected chi connectivity index (χ2v) is 4.39. The van der Waals surface area contributed by atoms with Crippen molar-refractivity contribution in [1.29, 1.82) is 0 Å². The second-order valence-electron chi connectivity index (χ2n) is 3.45. The van der Waals surface area contributed by atoms with E-state index in [1.54, 1.807) is 0 Å². The van der Waals surface area contributed by atoms with E-state index in [0.717, 1.165) is 6.07 Å². The topological polar surface area (TPSA) is 55.1 Å². The standard InChI is InChI=1S/C11H12ClFN2OS/c12-8-6-7(3-4-9(8)13)11(16)15-5-1-2-10(14)17/h3-4,6H,1-2,5H2,(H2,14,17)(H,15,16). The van der Waals surface area contributed by atoms with Crippen molar-refractivity contribution >= 4 is 34.7 Å². The van der Waals surface area contributed by atoms with Crippen LogP contribution in [0.1, 0.15) is 23.2 Å². The molecule has 0 spiro atoms. The minimum atomic E-state index is -0.545. The number of halogens is 2. The number of thiocarbonyl (C=S) groups is 1. The van der Waals surface area contributed by atoms with Gasteiger partial charge in [0.15, 0.2) is 0 Å². The molecule has 1 aromatic carbocycles. The summed E-state index contributed by atoms with van der Waals surface area (Å²) in [6, 6.07) is 3.83. The predicted molar refractivity (Wildman–Crippen MR) is 69.8 cm³/mol. The molecule has 6 heteroatoms. The number of nitrogens with one attached hydrogen (secondary N) is 1. The minimum Gasteiger partial charge on any atom is -0.393 e. The van der Waals surface area contributed by atoms with Crippen LogP contribution in [0.25, 0.3) is 0 Å². The van der Waals surface area contributed by atoms with Crippen LogP contribution < -0.4 is 11.1 Å². The van der Waals surface area contributed by atoms with Crippen molar-refractivity contribution < 1.29 is 9.18 Å². The highest BCUT2D eigenvalue weighted by Crippen LogP contribution is 2.15. The maximum Gasteiger partial charge on any atom is 0.251 e. The molecule has 1 aromatic rings. The van der Waals surface area contributed by atoms with Gasteiger partial charge in [-0.15, -0.1) is 0 Å². The fraction of sp³-hybridized carbons (Fsp3) is 0.273. The highest BCUT2D eigenvalue weighted by atomic mass is 35.5. The van der Waals surface area contributed by atoms with E-state index < -0.39 is 5.82 Å². The Morgan fingerprint density at radius 1 is 1.53 bits per heavy atom. The SMILES string of the molecule is NC(=S)CCCNC(=O)c1ccc(F)c(Cl)c1. The molecule has 0 aliphatic heterocycles. The number of hydrogen-bond acceptors (Lipinski definition) is 2. The summed E-state index contributed by atoms with van der Waals surface area (Å²) < 4.78 is 12.9. The Bertz CT molecular complexity index is 439. The number of hydrogen-bond donors (Lipinski definition) is 2. The Morgan fingerprint density at radius 2 is 2.24 bits per heavy atom. The fourth-order valence-electron chi connectivity index (χ4n) is 1.20. The molecular weight excluding hydrogens is 263 g/mol. The van der Waals surface area contributed by atoms with E-state index in [1.165, 1.54) is 12.1 Å². The highest BCUT2D eigenvalue weighted by Gasteiger charge is 2.07. The first kappa shape index (κ1) is 13.9. The Kier molecular flexibility index (Phi) is 5.31. The van der Waals surface area contributed by atoms with Crippen molar-refractivity contribution in [2.75, 3.05) is 6.54 Å². The van der Waals surface area contributed by atoms with Gasteiger partial charge in [0.2, 0.25) is 0 Å². The molecule has 92 valence electrons. The van der Waals surface area contributed by atoms with Gasteiger partial charge in [0.05, 0.1) is 10.0 Å². The molecule has 0 radical (unpaired) electrons. The van der Waals surface area contributed by atoms with Crippen molar-refractivity contribution in [3.8, 4) is 0 Å². The van der Waals surface area contributed by atoms with Crippen LogP contribution in [0, 0.1) is 5.82 Å². The quantitative estimate of drug-likeness (QED) is 0.640. The molecule has 3 nitrogen and oxygen atoms in total. The Balaban J connectivity index is 2.47. The average molecular weight is 275 g/mol. The first-order valence-corrected chi connectivity index (χ1v) is 5.81. The van der Waals surface area contributed by atoms with Crippen molar-refractivity contribution in [3.63, 3.8) is 0 Å². The van der Waals surface area contributed by atoms with E-state index in [1.807, 2.05) is 0 Å². The molecule has 0 fully saturated rings. The molecule has 0 saturated heterocycles. The summed E-state index contributed by atoms with van der Waals surface area (Å²) in [5.41, 5.74) is 5.64. The summed E-state index contributed by atoms with van der Waals surface area (Å²) in [7, 11) is 0. The van der Waals surface area contributed by atoms with E-state index in [0.29, 0.717) is 29.9 Å². The first-order valence-electron chi connectivity index (χ1n) is 5.02. The molecule has 0 aliphatic rings. The van der Waals surface area contributed by atoms with Gasteiger partial charge >= 0.3 is 0 Å². The number of benzene rings is 1. The maximum absolute atomic E-state index is 12.9. The number of carbonyl (C=O) groups is 1. The van der Waals surface area contributed by atoms with Gasteiger partial charge in [0.1, 0.15) is 5.82 Å². The molecule has 3 N–H and O–H groups in total. The van der Waals surface area contributed by atoms with Gasteiger partial charge in [-0.25, -0.2) is 4.39 Å². The third-order valence-corrected chi connectivity index (χ3v) is 2.56. The molecule has 0 saturated carbocycles. The van der Waals surface area contributed by atoms with Crippen LogP contribution in [0.15, 0.2) is 18.2 Å². The van der Waals surface area contributed by atoms with Crippen molar-refractivity contribution in [1.82, 2.24) is 5.32 Å². The number of nitrogens with two attached hydrogens (primary N) is 1. The van der Waals surface area contributed by atoms with E-state index in [9.17, 15) is 9.18 Å². The third-order valence-electron chi connectivity index (χ3n) is 2.07. The maximum atomic E-state index is 12.9. The number of rotatable bonds is 5. The fourth-order valence-corrected chi connectivity index (χ4v) is 1.53. The van der Waals surface area contributed by atoms with Gasteiger partial charge in [-0.2, -0.15) is 0 Å². The minimum absolute atomic E-state index is 0.0687. The van der Waals surface area contributed by atoms with Gasteiger partial charge in [-0.3, -0.25) is 4.79 Å². The van der Waals surface area contributed by atoms with E-state index in [2.05, 4.69) is 5.32 Å². The lowest BCUT2D eigenvalue weighted by Crippen LogP contribution is -2.25. The van der Waals surface area contributed by atoms with Gasteiger partial charge in [0.25, 0.3) is 5.91 Å². The predicted octanol–water partition coefficient (Wildman–Crippen LogP) is 2.28. The summed E-state index contributed by atoms with van der Waals surface area (Å²) in [6.07, 6.45) is 1.26. The van der Waals surface area contributed by atoms with Crippen LogP contribution in [0.5, 0.6) is 0 Å². The lowest BCUT2D eigenvalue weighted by molar-refractivity contribution is 0.0953. The molecule has 0 heterocycles. The highest BCUT2D eigenvalue weighted by molar-refractivity contribution is 7.80. The van der Waals surface area contributed by atoms with Crippen LogP contribution in [0.2, 0.25) is 5.02 Å². The van der Waals surface area contributed by atoms with E-state index >= 15 is 0 Å². The first-order chi connectivity index (χ1) is 8.00. The Hall–Kier alpha value is -1.20. The zero-order chi connectivity index (χ0) is 12.8. The molecule has 0 aliphatic carbocycles. The van der Waals surface area contributed by atoms with Crippen molar-refractivity contribution in [2.24, 2.45) is 5.73 Å². The molecule has 0 bridgehead atoms. The van der Waals surface area contributed by atoms with Gasteiger partial charge in [-0.1, -0.05) is 23.8 Å². The normalized spacial score (nSPS) is 10.0.